The second-order valence-electron chi connectivity index (χ2n) is 7.50. The summed E-state index contributed by atoms with van der Waals surface area (Å²) in [4.78, 5) is 33.9. The standard InChI is InChI=1S/C25H23N3O3/c1-17-7-5-8-18(13-17)16-31-20-10-6-9-19(14-20)25(30)28(2)15-23-26-22-12-4-3-11-21(22)24(29)27-23/h3-14H,15-16H2,1-2H3,(H,26,27,29). The van der Waals surface area contributed by atoms with Crippen LogP contribution in [0.1, 0.15) is 27.3 Å². The van der Waals surface area contributed by atoms with Crippen molar-refractivity contribution in [1.29, 1.82) is 0 Å². The van der Waals surface area contributed by atoms with Crippen LogP contribution in [0.3, 0.4) is 0 Å². The minimum atomic E-state index is -0.215. The van der Waals surface area contributed by atoms with Crippen LogP contribution in [0.5, 0.6) is 5.75 Å². The van der Waals surface area contributed by atoms with Gasteiger partial charge in [0.2, 0.25) is 0 Å². The lowest BCUT2D eigenvalue weighted by molar-refractivity contribution is 0.0781. The highest BCUT2D eigenvalue weighted by molar-refractivity contribution is 5.94. The van der Waals surface area contributed by atoms with E-state index in [-0.39, 0.29) is 18.0 Å². The molecule has 1 heterocycles. The second-order valence-corrected chi connectivity index (χ2v) is 7.50. The van der Waals surface area contributed by atoms with Crippen molar-refractivity contribution >= 4 is 16.8 Å². The van der Waals surface area contributed by atoms with Gasteiger partial charge in [-0.15, -0.1) is 0 Å². The first-order chi connectivity index (χ1) is 15.0. The van der Waals surface area contributed by atoms with Gasteiger partial charge in [-0.05, 0) is 42.8 Å². The average Bonchev–Trinajstić information content (AvgIpc) is 2.77. The molecule has 1 amide bonds. The number of hydrogen-bond donors (Lipinski definition) is 1. The van der Waals surface area contributed by atoms with Gasteiger partial charge in [0.25, 0.3) is 11.5 Å². The monoisotopic (exact) mass is 413 g/mol. The van der Waals surface area contributed by atoms with Crippen molar-refractivity contribution in [2.45, 2.75) is 20.1 Å². The number of nitrogens with one attached hydrogen (secondary N) is 1. The summed E-state index contributed by atoms with van der Waals surface area (Å²) in [6.07, 6.45) is 0. The third kappa shape index (κ3) is 4.80. The van der Waals surface area contributed by atoms with Crippen LogP contribution in [0.4, 0.5) is 0 Å². The maximum Gasteiger partial charge on any atom is 0.258 e. The number of nitrogens with zero attached hydrogens (tertiary/aromatic N) is 2. The summed E-state index contributed by atoms with van der Waals surface area (Å²) in [6.45, 7) is 2.65. The smallest absolute Gasteiger partial charge is 0.258 e. The Kier molecular flexibility index (Phi) is 5.80. The Morgan fingerprint density at radius 3 is 2.68 bits per heavy atom. The van der Waals surface area contributed by atoms with Crippen molar-refractivity contribution < 1.29 is 9.53 Å². The molecular weight excluding hydrogens is 390 g/mol. The molecule has 1 aromatic heterocycles. The lowest BCUT2D eigenvalue weighted by atomic mass is 10.1. The lowest BCUT2D eigenvalue weighted by Crippen LogP contribution is -2.28. The molecule has 4 aromatic rings. The summed E-state index contributed by atoms with van der Waals surface area (Å²) in [7, 11) is 1.68. The topological polar surface area (TPSA) is 75.3 Å². The fraction of sp³-hybridized carbons (Fsp3) is 0.160. The molecule has 0 saturated carbocycles. The maximum absolute atomic E-state index is 12.9. The van der Waals surface area contributed by atoms with E-state index in [1.807, 2.05) is 37.3 Å². The molecule has 3 aromatic carbocycles. The first kappa shape index (κ1) is 20.3. The van der Waals surface area contributed by atoms with Crippen LogP contribution in [-0.2, 0) is 13.2 Å². The van der Waals surface area contributed by atoms with Gasteiger partial charge in [0.05, 0.1) is 17.4 Å². The molecule has 4 rings (SSSR count). The van der Waals surface area contributed by atoms with Gasteiger partial charge < -0.3 is 14.6 Å². The molecule has 0 bridgehead atoms. The summed E-state index contributed by atoms with van der Waals surface area (Å²) in [5.74, 6) is 0.876. The molecule has 31 heavy (non-hydrogen) atoms. The lowest BCUT2D eigenvalue weighted by Gasteiger charge is -2.17. The summed E-state index contributed by atoms with van der Waals surface area (Å²) in [5.41, 5.74) is 3.14. The van der Waals surface area contributed by atoms with Gasteiger partial charge in [-0.2, -0.15) is 0 Å². The number of rotatable bonds is 6. The van der Waals surface area contributed by atoms with Gasteiger partial charge in [0, 0.05) is 12.6 Å². The van der Waals surface area contributed by atoms with Crippen molar-refractivity contribution in [1.82, 2.24) is 14.9 Å². The van der Waals surface area contributed by atoms with Crippen LogP contribution >= 0.6 is 0 Å². The van der Waals surface area contributed by atoms with Crippen molar-refractivity contribution in [3.8, 4) is 5.75 Å². The second kappa shape index (κ2) is 8.83. The fourth-order valence-electron chi connectivity index (χ4n) is 3.41. The predicted molar refractivity (Wildman–Crippen MR) is 120 cm³/mol. The Labute approximate surface area is 180 Å². The molecule has 0 spiro atoms. The zero-order valence-corrected chi connectivity index (χ0v) is 17.5. The minimum absolute atomic E-state index is 0.184. The molecule has 0 aliphatic carbocycles. The van der Waals surface area contributed by atoms with Crippen LogP contribution in [0.15, 0.2) is 77.6 Å². The third-order valence-electron chi connectivity index (χ3n) is 4.96. The Hall–Kier alpha value is -3.93. The van der Waals surface area contributed by atoms with Gasteiger partial charge >= 0.3 is 0 Å². The zero-order chi connectivity index (χ0) is 21.8. The summed E-state index contributed by atoms with van der Waals surface area (Å²) in [6, 6.07) is 22.3. The van der Waals surface area contributed by atoms with Gasteiger partial charge in [0.15, 0.2) is 0 Å². The van der Waals surface area contributed by atoms with Crippen molar-refractivity contribution in [2.24, 2.45) is 0 Å². The number of H-pyrrole nitrogens is 1. The molecule has 0 fully saturated rings. The van der Waals surface area contributed by atoms with E-state index in [0.717, 1.165) is 5.56 Å². The fourth-order valence-corrected chi connectivity index (χ4v) is 3.41. The zero-order valence-electron chi connectivity index (χ0n) is 17.5. The first-order valence-electron chi connectivity index (χ1n) is 10.0. The number of fused-ring (bicyclic) bond motifs is 1. The number of aromatic amines is 1. The van der Waals surface area contributed by atoms with E-state index in [1.54, 1.807) is 43.4 Å². The summed E-state index contributed by atoms with van der Waals surface area (Å²) in [5, 5.41) is 0.527. The third-order valence-corrected chi connectivity index (χ3v) is 4.96. The number of aryl methyl sites for hydroxylation is 1. The average molecular weight is 413 g/mol. The quantitative estimate of drug-likeness (QED) is 0.517. The van der Waals surface area contributed by atoms with Crippen LogP contribution < -0.4 is 10.3 Å². The normalized spacial score (nSPS) is 10.8. The molecular formula is C25H23N3O3. The molecule has 0 aliphatic rings. The SMILES string of the molecule is Cc1cccc(COc2cccc(C(=O)N(C)Cc3nc4ccccc4c(=O)[nH]3)c2)c1. The van der Waals surface area contributed by atoms with E-state index in [2.05, 4.69) is 16.0 Å². The van der Waals surface area contributed by atoms with Crippen molar-refractivity contribution in [3.05, 3.63) is 106 Å². The summed E-state index contributed by atoms with van der Waals surface area (Å²) < 4.78 is 5.87. The Balaban J connectivity index is 1.46. The van der Waals surface area contributed by atoms with Crippen LogP contribution in [-0.4, -0.2) is 27.8 Å². The molecule has 0 saturated heterocycles. The number of carbonyl (C=O) groups is 1. The van der Waals surface area contributed by atoms with Gasteiger partial charge in [-0.3, -0.25) is 9.59 Å². The van der Waals surface area contributed by atoms with Gasteiger partial charge in [-0.25, -0.2) is 4.98 Å². The largest absolute Gasteiger partial charge is 0.489 e. The molecule has 6 nitrogen and oxygen atoms in total. The molecule has 1 N–H and O–H groups in total. The number of ether oxygens (including phenoxy) is 1. The highest BCUT2D eigenvalue weighted by atomic mass is 16.5. The number of aromatic nitrogens is 2. The molecule has 0 atom stereocenters. The Bertz CT molecular complexity index is 1300. The molecule has 0 unspecified atom stereocenters. The van der Waals surface area contributed by atoms with Crippen LogP contribution in [0.25, 0.3) is 10.9 Å². The predicted octanol–water partition coefficient (Wildman–Crippen LogP) is 4.08. The first-order valence-corrected chi connectivity index (χ1v) is 10.0. The van der Waals surface area contributed by atoms with E-state index in [4.69, 9.17) is 4.74 Å². The number of benzene rings is 3. The van der Waals surface area contributed by atoms with Crippen LogP contribution in [0, 0.1) is 6.92 Å². The number of amides is 1. The highest BCUT2D eigenvalue weighted by Gasteiger charge is 2.15. The minimum Gasteiger partial charge on any atom is -0.489 e. The van der Waals surface area contributed by atoms with Gasteiger partial charge in [0.1, 0.15) is 18.2 Å². The number of para-hydroxylation sites is 1. The molecule has 6 heteroatoms. The summed E-state index contributed by atoms with van der Waals surface area (Å²) >= 11 is 0. The van der Waals surface area contributed by atoms with E-state index in [0.29, 0.717) is 34.6 Å². The molecule has 0 radical (unpaired) electrons. The Morgan fingerprint density at radius 1 is 1.03 bits per heavy atom. The Morgan fingerprint density at radius 2 is 1.84 bits per heavy atom. The van der Waals surface area contributed by atoms with Crippen molar-refractivity contribution in [3.63, 3.8) is 0 Å². The van der Waals surface area contributed by atoms with Crippen molar-refractivity contribution in [2.75, 3.05) is 7.05 Å². The van der Waals surface area contributed by atoms with E-state index in [9.17, 15) is 9.59 Å². The van der Waals surface area contributed by atoms with E-state index >= 15 is 0 Å². The molecule has 156 valence electrons. The van der Waals surface area contributed by atoms with E-state index < -0.39 is 0 Å². The van der Waals surface area contributed by atoms with Crippen LogP contribution in [0.2, 0.25) is 0 Å². The number of carbonyl (C=O) groups excluding carboxylic acids is 1. The maximum atomic E-state index is 12.9. The van der Waals surface area contributed by atoms with E-state index in [1.165, 1.54) is 10.5 Å². The number of hydrogen-bond acceptors (Lipinski definition) is 4. The highest BCUT2D eigenvalue weighted by Crippen LogP contribution is 2.17. The van der Waals surface area contributed by atoms with Gasteiger partial charge in [-0.1, -0.05) is 48.0 Å². The molecule has 0 aliphatic heterocycles.